The second kappa shape index (κ2) is 9.41. The number of pyridine rings is 2. The first-order valence-electron chi connectivity index (χ1n) is 11.3. The van der Waals surface area contributed by atoms with Gasteiger partial charge in [-0.15, -0.1) is 0 Å². The zero-order valence-corrected chi connectivity index (χ0v) is 19.4. The lowest BCUT2D eigenvalue weighted by Gasteiger charge is -2.25. The Morgan fingerprint density at radius 2 is 2.21 bits per heavy atom. The zero-order valence-electron chi connectivity index (χ0n) is 19.4. The lowest BCUT2D eigenvalue weighted by molar-refractivity contribution is 0.0349. The third-order valence-corrected chi connectivity index (χ3v) is 5.78. The first-order valence-corrected chi connectivity index (χ1v) is 11.3. The minimum atomic E-state index is -0.853. The van der Waals surface area contributed by atoms with Crippen LogP contribution in [0.15, 0.2) is 29.2 Å². The summed E-state index contributed by atoms with van der Waals surface area (Å²) in [6.45, 7) is 5.73. The molecule has 1 unspecified atom stereocenters. The van der Waals surface area contributed by atoms with Gasteiger partial charge in [-0.3, -0.25) is 4.79 Å². The van der Waals surface area contributed by atoms with Gasteiger partial charge in [-0.25, -0.2) is 19.2 Å². The van der Waals surface area contributed by atoms with E-state index in [2.05, 4.69) is 25.3 Å². The highest BCUT2D eigenvalue weighted by Gasteiger charge is 2.30. The van der Waals surface area contributed by atoms with Crippen LogP contribution in [-0.2, 0) is 11.2 Å². The van der Waals surface area contributed by atoms with Crippen molar-refractivity contribution >= 4 is 23.1 Å². The predicted octanol–water partition coefficient (Wildman–Crippen LogP) is 2.55. The van der Waals surface area contributed by atoms with Crippen molar-refractivity contribution in [3.63, 3.8) is 0 Å². The van der Waals surface area contributed by atoms with E-state index in [1.54, 1.807) is 20.8 Å². The molecule has 0 aliphatic carbocycles. The van der Waals surface area contributed by atoms with Gasteiger partial charge in [-0.05, 0) is 51.8 Å². The normalized spacial score (nSPS) is 17.2. The Balaban J connectivity index is 1.52. The second-order valence-electron chi connectivity index (χ2n) is 9.23. The summed E-state index contributed by atoms with van der Waals surface area (Å²) in [6.07, 6.45) is 2.35. The van der Waals surface area contributed by atoms with E-state index >= 15 is 0 Å². The van der Waals surface area contributed by atoms with Gasteiger partial charge >= 0.3 is 6.09 Å². The third-order valence-electron chi connectivity index (χ3n) is 5.78. The number of nitrogens with zero attached hydrogens (tertiary/aromatic N) is 3. The van der Waals surface area contributed by atoms with Crippen LogP contribution in [0.25, 0.3) is 11.2 Å². The number of hydrogen-bond acceptors (Lipinski definition) is 7. The van der Waals surface area contributed by atoms with Gasteiger partial charge in [0.05, 0.1) is 24.2 Å². The van der Waals surface area contributed by atoms with E-state index in [0.29, 0.717) is 35.8 Å². The number of rotatable bonds is 7. The Morgan fingerprint density at radius 1 is 1.41 bits per heavy atom. The number of amides is 1. The molecule has 10 nitrogen and oxygen atoms in total. The van der Waals surface area contributed by atoms with E-state index in [4.69, 9.17) is 9.84 Å². The Bertz CT molecular complexity index is 1240. The highest BCUT2D eigenvalue weighted by molar-refractivity contribution is 5.73. The molecule has 0 radical (unpaired) electrons. The molecular formula is C23H29FN6O4. The summed E-state index contributed by atoms with van der Waals surface area (Å²) in [4.78, 5) is 41.2. The van der Waals surface area contributed by atoms with Gasteiger partial charge in [0.25, 0.3) is 5.56 Å². The summed E-state index contributed by atoms with van der Waals surface area (Å²) in [5.74, 6) is 0.780. The zero-order chi connectivity index (χ0) is 24.5. The average molecular weight is 473 g/mol. The first kappa shape index (κ1) is 23.7. The summed E-state index contributed by atoms with van der Waals surface area (Å²) in [7, 11) is 0. The maximum absolute atomic E-state index is 13.8. The Kier molecular flexibility index (Phi) is 6.56. The standard InChI is InChI=1S/C23H29FN6O4/c1-13(12-31)26-22(33)34-23(2,3)10-18-27-16-6-7-19(29-20(16)28-18)30-8-4-5-17(30)15-9-14(24)11-25-21(15)32/h6-7,9,11,13,17,31H,4-5,8,10,12H2,1-3H3,(H,25,32)(H,26,33)(H,27,28,29)/t13-,17?/m0/s1. The molecule has 4 rings (SSSR count). The van der Waals surface area contributed by atoms with Gasteiger partial charge in [0.1, 0.15) is 23.1 Å². The molecule has 0 aromatic carbocycles. The lowest BCUT2D eigenvalue weighted by atomic mass is 10.1. The van der Waals surface area contributed by atoms with Crippen molar-refractivity contribution < 1.29 is 19.0 Å². The molecule has 182 valence electrons. The van der Waals surface area contributed by atoms with Crippen molar-refractivity contribution in [2.75, 3.05) is 18.1 Å². The van der Waals surface area contributed by atoms with Crippen molar-refractivity contribution in [3.8, 4) is 0 Å². The van der Waals surface area contributed by atoms with Crippen LogP contribution >= 0.6 is 0 Å². The van der Waals surface area contributed by atoms with Gasteiger partial charge in [-0.2, -0.15) is 0 Å². The number of ether oxygens (including phenoxy) is 1. The molecule has 4 N–H and O–H groups in total. The molecule has 34 heavy (non-hydrogen) atoms. The highest BCUT2D eigenvalue weighted by atomic mass is 19.1. The number of carbonyl (C=O) groups is 1. The average Bonchev–Trinajstić information content (AvgIpc) is 3.40. The number of aliphatic hydroxyl groups is 1. The van der Waals surface area contributed by atoms with Crippen LogP contribution in [-0.4, -0.2) is 55.9 Å². The third kappa shape index (κ3) is 5.19. The van der Waals surface area contributed by atoms with Crippen LogP contribution in [0, 0.1) is 5.82 Å². The molecule has 11 heteroatoms. The van der Waals surface area contributed by atoms with E-state index in [9.17, 15) is 14.0 Å². The minimum absolute atomic E-state index is 0.182. The first-order chi connectivity index (χ1) is 16.1. The number of carbonyl (C=O) groups excluding carboxylic acids is 1. The molecule has 1 fully saturated rings. The number of H-pyrrole nitrogens is 2. The van der Waals surface area contributed by atoms with Crippen LogP contribution in [0.4, 0.5) is 15.0 Å². The number of nitrogens with one attached hydrogen (secondary N) is 3. The number of aromatic amines is 2. The summed E-state index contributed by atoms with van der Waals surface area (Å²) < 4.78 is 19.3. The molecule has 3 aromatic rings. The van der Waals surface area contributed by atoms with Gasteiger partial charge < -0.3 is 30.0 Å². The SMILES string of the molecule is C[C@@H](CO)NC(=O)OC(C)(C)Cc1nc2nc(N3CCCC3c3cc(F)c[nH]c3=O)ccc2[nH]1. The number of fused-ring (bicyclic) bond motifs is 1. The van der Waals surface area contributed by atoms with Crippen LogP contribution in [0.3, 0.4) is 0 Å². The van der Waals surface area contributed by atoms with Gasteiger partial charge in [0.15, 0.2) is 5.65 Å². The Labute approximate surface area is 195 Å². The maximum atomic E-state index is 13.8. The summed E-state index contributed by atoms with van der Waals surface area (Å²) in [6, 6.07) is 4.32. The number of aromatic nitrogens is 4. The fourth-order valence-corrected chi connectivity index (χ4v) is 4.23. The van der Waals surface area contributed by atoms with Crippen LogP contribution in [0.1, 0.15) is 51.0 Å². The molecule has 0 spiro atoms. The predicted molar refractivity (Wildman–Crippen MR) is 124 cm³/mol. The number of hydrogen-bond donors (Lipinski definition) is 4. The largest absolute Gasteiger partial charge is 0.443 e. The van der Waals surface area contributed by atoms with Crippen LogP contribution in [0.2, 0.25) is 0 Å². The number of imidazole rings is 1. The van der Waals surface area contributed by atoms with Crippen molar-refractivity contribution in [2.45, 2.75) is 57.7 Å². The molecule has 1 saturated heterocycles. The van der Waals surface area contributed by atoms with Crippen LogP contribution < -0.4 is 15.8 Å². The number of halogens is 1. The summed E-state index contributed by atoms with van der Waals surface area (Å²) in [5.41, 5.74) is 0.456. The van der Waals surface area contributed by atoms with E-state index in [-0.39, 0.29) is 18.2 Å². The number of aliphatic hydroxyl groups excluding tert-OH is 1. The Morgan fingerprint density at radius 3 is 2.97 bits per heavy atom. The topological polar surface area (TPSA) is 136 Å². The lowest BCUT2D eigenvalue weighted by Crippen LogP contribution is -2.41. The van der Waals surface area contributed by atoms with E-state index < -0.39 is 23.6 Å². The molecular weight excluding hydrogens is 443 g/mol. The van der Waals surface area contributed by atoms with Crippen molar-refractivity contribution in [2.24, 2.45) is 0 Å². The van der Waals surface area contributed by atoms with E-state index in [1.165, 1.54) is 6.07 Å². The van der Waals surface area contributed by atoms with Gasteiger partial charge in [0.2, 0.25) is 0 Å². The minimum Gasteiger partial charge on any atom is -0.443 e. The molecule has 2 atom stereocenters. The van der Waals surface area contributed by atoms with Crippen molar-refractivity contribution in [3.05, 3.63) is 52.0 Å². The molecule has 0 bridgehead atoms. The van der Waals surface area contributed by atoms with E-state index in [1.807, 2.05) is 17.0 Å². The molecule has 1 aliphatic heterocycles. The number of anilines is 1. The smallest absolute Gasteiger partial charge is 0.407 e. The molecule has 3 aromatic heterocycles. The maximum Gasteiger partial charge on any atom is 0.407 e. The quantitative estimate of drug-likeness (QED) is 0.415. The fourth-order valence-electron chi connectivity index (χ4n) is 4.23. The van der Waals surface area contributed by atoms with Crippen molar-refractivity contribution in [1.82, 2.24) is 25.3 Å². The molecule has 4 heterocycles. The second-order valence-corrected chi connectivity index (χ2v) is 9.23. The summed E-state index contributed by atoms with van der Waals surface area (Å²) >= 11 is 0. The molecule has 1 aliphatic rings. The van der Waals surface area contributed by atoms with E-state index in [0.717, 1.165) is 24.6 Å². The number of alkyl carbamates (subject to hydrolysis) is 1. The fraction of sp³-hybridized carbons (Fsp3) is 0.478. The van der Waals surface area contributed by atoms with Gasteiger partial charge in [0, 0.05) is 24.7 Å². The highest BCUT2D eigenvalue weighted by Crippen LogP contribution is 2.34. The van der Waals surface area contributed by atoms with Crippen molar-refractivity contribution in [1.29, 1.82) is 0 Å². The van der Waals surface area contributed by atoms with Crippen LogP contribution in [0.5, 0.6) is 0 Å². The Hall–Kier alpha value is -3.47. The van der Waals surface area contributed by atoms with Gasteiger partial charge in [-0.1, -0.05) is 0 Å². The summed E-state index contributed by atoms with van der Waals surface area (Å²) in [5, 5.41) is 11.6. The monoisotopic (exact) mass is 472 g/mol. The molecule has 0 saturated carbocycles. The molecule has 1 amide bonds.